The number of aromatic nitrogens is 1. The maximum absolute atomic E-state index is 11.8. The maximum atomic E-state index is 11.8. The van der Waals surface area contributed by atoms with Crippen LogP contribution in [0.1, 0.15) is 17.9 Å². The van der Waals surface area contributed by atoms with E-state index < -0.39 is 17.9 Å². The highest BCUT2D eigenvalue weighted by molar-refractivity contribution is 5.86. The Morgan fingerprint density at radius 1 is 1.20 bits per heavy atom. The molecule has 0 aliphatic carbocycles. The summed E-state index contributed by atoms with van der Waals surface area (Å²) in [5.74, 6) is -1.65. The molecule has 104 valence electrons. The van der Waals surface area contributed by atoms with Crippen LogP contribution in [0, 0.1) is 0 Å². The smallest absolute Gasteiger partial charge is 0.313 e. The van der Waals surface area contributed by atoms with Gasteiger partial charge in [0.2, 0.25) is 0 Å². The molecule has 1 unspecified atom stereocenters. The largest absolute Gasteiger partial charge is 0.469 e. The van der Waals surface area contributed by atoms with Crippen LogP contribution < -0.4 is 0 Å². The molecule has 2 rings (SSSR count). The van der Waals surface area contributed by atoms with Crippen molar-refractivity contribution in [2.45, 2.75) is 12.3 Å². The molecular formula is C15H15NO4. The number of para-hydroxylation sites is 1. The minimum atomic E-state index is -0.704. The first kappa shape index (κ1) is 14.0. The third kappa shape index (κ3) is 2.93. The fraction of sp³-hybridized carbons (Fsp3) is 0.267. The number of hydrogen-bond acceptors (Lipinski definition) is 5. The molecule has 5 nitrogen and oxygen atoms in total. The van der Waals surface area contributed by atoms with Crippen LogP contribution >= 0.6 is 0 Å². The van der Waals surface area contributed by atoms with Crippen molar-refractivity contribution in [1.82, 2.24) is 4.98 Å². The summed E-state index contributed by atoms with van der Waals surface area (Å²) < 4.78 is 9.37. The monoisotopic (exact) mass is 273 g/mol. The van der Waals surface area contributed by atoms with E-state index in [1.165, 1.54) is 14.2 Å². The Kier molecular flexibility index (Phi) is 4.30. The molecule has 0 saturated carbocycles. The van der Waals surface area contributed by atoms with Crippen LogP contribution in [-0.2, 0) is 19.1 Å². The topological polar surface area (TPSA) is 65.5 Å². The van der Waals surface area contributed by atoms with E-state index in [1.54, 1.807) is 6.20 Å². The molecule has 0 fully saturated rings. The second-order valence-corrected chi connectivity index (χ2v) is 4.32. The van der Waals surface area contributed by atoms with Crippen molar-refractivity contribution in [2.24, 2.45) is 0 Å². The Bertz CT molecular complexity index is 639. The van der Waals surface area contributed by atoms with E-state index in [2.05, 4.69) is 9.72 Å². The second kappa shape index (κ2) is 6.14. The van der Waals surface area contributed by atoms with Crippen molar-refractivity contribution in [1.29, 1.82) is 0 Å². The zero-order chi connectivity index (χ0) is 14.5. The molecule has 0 aliphatic heterocycles. The van der Waals surface area contributed by atoms with Crippen LogP contribution in [0.3, 0.4) is 0 Å². The molecule has 1 aromatic heterocycles. The molecule has 5 heteroatoms. The Hall–Kier alpha value is -2.43. The predicted octanol–water partition coefficient (Wildman–Crippen LogP) is 2.05. The fourth-order valence-electron chi connectivity index (χ4n) is 2.01. The van der Waals surface area contributed by atoms with E-state index in [1.807, 2.05) is 30.3 Å². The van der Waals surface area contributed by atoms with E-state index in [0.29, 0.717) is 5.56 Å². The van der Waals surface area contributed by atoms with Gasteiger partial charge in [-0.25, -0.2) is 0 Å². The normalized spacial score (nSPS) is 11.9. The molecule has 0 saturated heterocycles. The van der Waals surface area contributed by atoms with Crippen molar-refractivity contribution in [2.75, 3.05) is 14.2 Å². The lowest BCUT2D eigenvalue weighted by Crippen LogP contribution is -2.19. The fourth-order valence-corrected chi connectivity index (χ4v) is 2.01. The number of hydrogen-bond donors (Lipinski definition) is 0. The number of esters is 2. The molecule has 0 spiro atoms. The van der Waals surface area contributed by atoms with Gasteiger partial charge in [0.15, 0.2) is 0 Å². The Labute approximate surface area is 116 Å². The van der Waals surface area contributed by atoms with Gasteiger partial charge in [0.1, 0.15) is 0 Å². The first-order valence-electron chi connectivity index (χ1n) is 6.15. The molecule has 0 bridgehead atoms. The number of pyridine rings is 1. The van der Waals surface area contributed by atoms with Crippen molar-refractivity contribution in [3.63, 3.8) is 0 Å². The van der Waals surface area contributed by atoms with Gasteiger partial charge in [0.05, 0.1) is 32.1 Å². The summed E-state index contributed by atoms with van der Waals surface area (Å²) in [6, 6.07) is 9.40. The van der Waals surface area contributed by atoms with E-state index in [-0.39, 0.29) is 6.42 Å². The van der Waals surface area contributed by atoms with Gasteiger partial charge in [-0.2, -0.15) is 0 Å². The molecule has 1 atom stereocenters. The van der Waals surface area contributed by atoms with Crippen molar-refractivity contribution >= 4 is 22.8 Å². The highest BCUT2D eigenvalue weighted by atomic mass is 16.5. The minimum absolute atomic E-state index is 0.0663. The lowest BCUT2D eigenvalue weighted by atomic mass is 9.96. The lowest BCUT2D eigenvalue weighted by Gasteiger charge is -2.14. The van der Waals surface area contributed by atoms with Gasteiger partial charge < -0.3 is 9.47 Å². The predicted molar refractivity (Wildman–Crippen MR) is 73.1 cm³/mol. The Balaban J connectivity index is 2.39. The van der Waals surface area contributed by atoms with Crippen LogP contribution in [0.15, 0.2) is 36.5 Å². The van der Waals surface area contributed by atoms with Gasteiger partial charge in [0, 0.05) is 11.6 Å². The third-order valence-electron chi connectivity index (χ3n) is 3.10. The quantitative estimate of drug-likeness (QED) is 0.798. The third-order valence-corrected chi connectivity index (χ3v) is 3.10. The molecule has 1 heterocycles. The zero-order valence-corrected chi connectivity index (χ0v) is 11.3. The van der Waals surface area contributed by atoms with Gasteiger partial charge in [-0.1, -0.05) is 18.2 Å². The first-order valence-corrected chi connectivity index (χ1v) is 6.15. The highest BCUT2D eigenvalue weighted by Crippen LogP contribution is 2.24. The van der Waals surface area contributed by atoms with Gasteiger partial charge in [-0.3, -0.25) is 14.6 Å². The van der Waals surface area contributed by atoms with Crippen molar-refractivity contribution < 1.29 is 19.1 Å². The molecule has 1 aromatic carbocycles. The number of ether oxygens (including phenoxy) is 2. The molecule has 0 aliphatic rings. The van der Waals surface area contributed by atoms with Gasteiger partial charge in [-0.15, -0.1) is 0 Å². The van der Waals surface area contributed by atoms with Gasteiger partial charge in [0.25, 0.3) is 0 Å². The van der Waals surface area contributed by atoms with Crippen molar-refractivity contribution in [3.05, 3.63) is 42.1 Å². The summed E-state index contributed by atoms with van der Waals surface area (Å²) in [6.45, 7) is 0. The summed E-state index contributed by atoms with van der Waals surface area (Å²) in [4.78, 5) is 27.6. The number of carbonyl (C=O) groups excluding carboxylic acids is 2. The first-order chi connectivity index (χ1) is 9.65. The minimum Gasteiger partial charge on any atom is -0.469 e. The average molecular weight is 273 g/mol. The number of benzene rings is 1. The molecule has 20 heavy (non-hydrogen) atoms. The Morgan fingerprint density at radius 2 is 1.95 bits per heavy atom. The number of methoxy groups -OCH3 is 2. The van der Waals surface area contributed by atoms with Crippen LogP contribution in [0.5, 0.6) is 0 Å². The van der Waals surface area contributed by atoms with Crippen LogP contribution in [-0.4, -0.2) is 31.1 Å². The molecule has 0 N–H and O–H groups in total. The van der Waals surface area contributed by atoms with E-state index in [9.17, 15) is 9.59 Å². The summed E-state index contributed by atoms with van der Waals surface area (Å²) in [6.07, 6.45) is 1.52. The molecule has 2 aromatic rings. The van der Waals surface area contributed by atoms with Crippen LogP contribution in [0.2, 0.25) is 0 Å². The van der Waals surface area contributed by atoms with Gasteiger partial charge in [-0.05, 0) is 17.7 Å². The number of fused-ring (bicyclic) bond motifs is 1. The highest BCUT2D eigenvalue weighted by Gasteiger charge is 2.25. The lowest BCUT2D eigenvalue weighted by molar-refractivity contribution is -0.149. The van der Waals surface area contributed by atoms with E-state index in [0.717, 1.165) is 10.9 Å². The maximum Gasteiger partial charge on any atom is 0.313 e. The Morgan fingerprint density at radius 3 is 2.65 bits per heavy atom. The summed E-state index contributed by atoms with van der Waals surface area (Å²) in [5.41, 5.74) is 1.47. The van der Waals surface area contributed by atoms with Crippen LogP contribution in [0.4, 0.5) is 0 Å². The summed E-state index contributed by atoms with van der Waals surface area (Å²) >= 11 is 0. The standard InChI is InChI=1S/C15H15NO4/c1-19-14(17)8-12(15(18)20-2)11-7-10-5-3-4-6-13(10)16-9-11/h3-7,9,12H,8H2,1-2H3. The van der Waals surface area contributed by atoms with Gasteiger partial charge >= 0.3 is 11.9 Å². The second-order valence-electron chi connectivity index (χ2n) is 4.32. The molecule has 0 radical (unpaired) electrons. The zero-order valence-electron chi connectivity index (χ0n) is 11.3. The SMILES string of the molecule is COC(=O)CC(C(=O)OC)c1cnc2ccccc2c1. The average Bonchev–Trinajstić information content (AvgIpc) is 2.51. The number of nitrogens with zero attached hydrogens (tertiary/aromatic N) is 1. The summed E-state index contributed by atoms with van der Waals surface area (Å²) in [5, 5.41) is 0.906. The molecule has 0 amide bonds. The number of rotatable bonds is 4. The van der Waals surface area contributed by atoms with E-state index >= 15 is 0 Å². The van der Waals surface area contributed by atoms with Crippen molar-refractivity contribution in [3.8, 4) is 0 Å². The van der Waals surface area contributed by atoms with Crippen LogP contribution in [0.25, 0.3) is 10.9 Å². The van der Waals surface area contributed by atoms with E-state index in [4.69, 9.17) is 4.74 Å². The summed E-state index contributed by atoms with van der Waals surface area (Å²) in [7, 11) is 2.58. The number of carbonyl (C=O) groups is 2. The molecular weight excluding hydrogens is 258 g/mol.